The number of carbonyl (C=O) groups excluding carboxylic acids is 1. The number of anilines is 1. The Hall–Kier alpha value is -2.42. The van der Waals surface area contributed by atoms with Gasteiger partial charge in [0.1, 0.15) is 5.82 Å². The fraction of sp³-hybridized carbons (Fsp3) is 0.444. The highest BCUT2D eigenvalue weighted by Gasteiger charge is 2.28. The lowest BCUT2D eigenvalue weighted by atomic mass is 9.92. The van der Waals surface area contributed by atoms with Crippen LogP contribution >= 0.6 is 0 Å². The maximum atomic E-state index is 14.6. The van der Waals surface area contributed by atoms with Crippen molar-refractivity contribution in [1.82, 2.24) is 15.1 Å². The molecule has 0 saturated carbocycles. The van der Waals surface area contributed by atoms with Crippen molar-refractivity contribution in [2.24, 2.45) is 0 Å². The van der Waals surface area contributed by atoms with Gasteiger partial charge in [0.15, 0.2) is 9.84 Å². The molecule has 9 heteroatoms. The molecule has 0 bridgehead atoms. The van der Waals surface area contributed by atoms with Crippen molar-refractivity contribution in [2.75, 3.05) is 38.3 Å². The van der Waals surface area contributed by atoms with E-state index < -0.39 is 15.7 Å². The number of hydrogen-bond acceptors (Lipinski definition) is 5. The molecule has 1 unspecified atom stereocenters. The molecule has 7 nitrogen and oxygen atoms in total. The summed E-state index contributed by atoms with van der Waals surface area (Å²) in [5.41, 5.74) is 1.65. The third kappa shape index (κ3) is 3.97. The summed E-state index contributed by atoms with van der Waals surface area (Å²) in [5, 5.41) is 6.95. The lowest BCUT2D eigenvalue weighted by Crippen LogP contribution is -2.36. The van der Waals surface area contributed by atoms with Crippen LogP contribution in [-0.4, -0.2) is 62.9 Å². The molecule has 2 heterocycles. The monoisotopic (exact) mass is 394 g/mol. The van der Waals surface area contributed by atoms with Gasteiger partial charge in [-0.3, -0.25) is 9.89 Å². The zero-order valence-corrected chi connectivity index (χ0v) is 16.4. The first-order valence-electron chi connectivity index (χ1n) is 8.68. The van der Waals surface area contributed by atoms with Gasteiger partial charge in [0.2, 0.25) is 0 Å². The van der Waals surface area contributed by atoms with Crippen LogP contribution in [0.15, 0.2) is 29.3 Å². The van der Waals surface area contributed by atoms with Crippen LogP contribution < -0.4 is 4.90 Å². The van der Waals surface area contributed by atoms with Gasteiger partial charge in [0.25, 0.3) is 5.91 Å². The van der Waals surface area contributed by atoms with Gasteiger partial charge in [0.05, 0.1) is 28.0 Å². The maximum absolute atomic E-state index is 14.6. The lowest BCUT2D eigenvalue weighted by molar-refractivity contribution is 0.0826. The first-order chi connectivity index (χ1) is 12.7. The Labute approximate surface area is 158 Å². The Morgan fingerprint density at radius 3 is 2.74 bits per heavy atom. The SMILES string of the molecule is CN(C)C(=O)c1cn[nH]c1C1CCCN(c2ccc(S(C)(=O)=O)cc2F)C1. The number of amides is 1. The van der Waals surface area contributed by atoms with Gasteiger partial charge in [-0.25, -0.2) is 12.8 Å². The molecule has 27 heavy (non-hydrogen) atoms. The molecule has 1 amide bonds. The van der Waals surface area contributed by atoms with Crippen LogP contribution in [0.2, 0.25) is 0 Å². The Kier molecular flexibility index (Phi) is 5.23. The number of sulfone groups is 1. The first kappa shape index (κ1) is 19.3. The maximum Gasteiger partial charge on any atom is 0.256 e. The van der Waals surface area contributed by atoms with E-state index in [2.05, 4.69) is 10.2 Å². The van der Waals surface area contributed by atoms with Crippen LogP contribution in [0.3, 0.4) is 0 Å². The van der Waals surface area contributed by atoms with E-state index >= 15 is 0 Å². The van der Waals surface area contributed by atoms with Crippen molar-refractivity contribution in [1.29, 1.82) is 0 Å². The molecule has 1 aromatic carbocycles. The molecular weight excluding hydrogens is 371 g/mol. The number of piperidine rings is 1. The van der Waals surface area contributed by atoms with E-state index in [-0.39, 0.29) is 16.7 Å². The van der Waals surface area contributed by atoms with Crippen LogP contribution in [0.1, 0.15) is 34.8 Å². The molecule has 0 spiro atoms. The van der Waals surface area contributed by atoms with E-state index in [9.17, 15) is 17.6 Å². The number of carbonyl (C=O) groups is 1. The molecule has 0 radical (unpaired) electrons. The highest BCUT2D eigenvalue weighted by molar-refractivity contribution is 7.90. The third-order valence-corrected chi connectivity index (χ3v) is 5.93. The number of aromatic nitrogens is 2. The zero-order valence-electron chi connectivity index (χ0n) is 15.6. The van der Waals surface area contributed by atoms with Gasteiger partial charge < -0.3 is 9.80 Å². The molecule has 3 rings (SSSR count). The quantitative estimate of drug-likeness (QED) is 0.858. The number of benzene rings is 1. The smallest absolute Gasteiger partial charge is 0.256 e. The van der Waals surface area contributed by atoms with Crippen molar-refractivity contribution in [3.05, 3.63) is 41.5 Å². The Balaban J connectivity index is 1.86. The summed E-state index contributed by atoms with van der Waals surface area (Å²) in [7, 11) is -0.0852. The highest BCUT2D eigenvalue weighted by Crippen LogP contribution is 2.32. The van der Waals surface area contributed by atoms with Crippen LogP contribution in [0.25, 0.3) is 0 Å². The number of nitrogens with one attached hydrogen (secondary N) is 1. The van der Waals surface area contributed by atoms with Crippen molar-refractivity contribution < 1.29 is 17.6 Å². The van der Waals surface area contributed by atoms with E-state index in [1.807, 2.05) is 4.90 Å². The summed E-state index contributed by atoms with van der Waals surface area (Å²) in [4.78, 5) is 15.7. The summed E-state index contributed by atoms with van der Waals surface area (Å²) in [6.07, 6.45) is 4.26. The zero-order chi connectivity index (χ0) is 19.8. The molecule has 1 aliphatic rings. The van der Waals surface area contributed by atoms with Crippen LogP contribution in [0, 0.1) is 5.82 Å². The predicted molar refractivity (Wildman–Crippen MR) is 100 cm³/mol. The van der Waals surface area contributed by atoms with Gasteiger partial charge in [-0.15, -0.1) is 0 Å². The molecule has 1 atom stereocenters. The van der Waals surface area contributed by atoms with Gasteiger partial charge in [-0.1, -0.05) is 0 Å². The second-order valence-electron chi connectivity index (χ2n) is 7.07. The first-order valence-corrected chi connectivity index (χ1v) is 10.6. The van der Waals surface area contributed by atoms with Crippen molar-refractivity contribution in [3.8, 4) is 0 Å². The summed E-state index contributed by atoms with van der Waals surface area (Å²) < 4.78 is 37.8. The molecule has 146 valence electrons. The van der Waals surface area contributed by atoms with Gasteiger partial charge in [-0.05, 0) is 31.0 Å². The van der Waals surface area contributed by atoms with E-state index in [0.29, 0.717) is 24.3 Å². The summed E-state index contributed by atoms with van der Waals surface area (Å²) in [6, 6.07) is 3.99. The molecule has 1 saturated heterocycles. The van der Waals surface area contributed by atoms with Crippen LogP contribution in [0.5, 0.6) is 0 Å². The molecule has 2 aromatic rings. The standard InChI is InChI=1S/C18H23FN4O3S/c1-22(2)18(24)14-10-20-21-17(14)12-5-4-8-23(11-12)16-7-6-13(9-15(16)19)27(3,25)26/h6-7,9-10,12H,4-5,8,11H2,1-3H3,(H,20,21). The molecule has 0 aliphatic carbocycles. The normalized spacial score (nSPS) is 17.8. The fourth-order valence-corrected chi connectivity index (χ4v) is 4.06. The average molecular weight is 394 g/mol. The van der Waals surface area contributed by atoms with E-state index in [4.69, 9.17) is 0 Å². The van der Waals surface area contributed by atoms with Crippen LogP contribution in [-0.2, 0) is 9.84 Å². The summed E-state index contributed by atoms with van der Waals surface area (Å²) >= 11 is 0. The predicted octanol–water partition coefficient (Wildman–Crippen LogP) is 2.04. The minimum absolute atomic E-state index is 0.00846. The third-order valence-electron chi connectivity index (χ3n) is 4.82. The molecule has 1 N–H and O–H groups in total. The van der Waals surface area contributed by atoms with Crippen molar-refractivity contribution >= 4 is 21.4 Å². The second-order valence-corrected chi connectivity index (χ2v) is 9.08. The summed E-state index contributed by atoms with van der Waals surface area (Å²) in [5.74, 6) is -0.679. The minimum atomic E-state index is -3.46. The van der Waals surface area contributed by atoms with E-state index in [0.717, 1.165) is 30.9 Å². The number of H-pyrrole nitrogens is 1. The number of aromatic amines is 1. The van der Waals surface area contributed by atoms with Crippen LogP contribution in [0.4, 0.5) is 10.1 Å². The Morgan fingerprint density at radius 2 is 2.11 bits per heavy atom. The lowest BCUT2D eigenvalue weighted by Gasteiger charge is -2.34. The number of rotatable bonds is 4. The van der Waals surface area contributed by atoms with Crippen molar-refractivity contribution in [3.63, 3.8) is 0 Å². The number of halogens is 1. The number of hydrogen-bond donors (Lipinski definition) is 1. The van der Waals surface area contributed by atoms with Gasteiger partial charge in [0, 0.05) is 39.4 Å². The Morgan fingerprint density at radius 1 is 1.37 bits per heavy atom. The number of nitrogens with zero attached hydrogens (tertiary/aromatic N) is 3. The van der Waals surface area contributed by atoms with Crippen molar-refractivity contribution in [2.45, 2.75) is 23.7 Å². The second kappa shape index (κ2) is 7.30. The largest absolute Gasteiger partial charge is 0.369 e. The minimum Gasteiger partial charge on any atom is -0.369 e. The molecule has 1 fully saturated rings. The molecule has 1 aliphatic heterocycles. The van der Waals surface area contributed by atoms with Gasteiger partial charge >= 0.3 is 0 Å². The van der Waals surface area contributed by atoms with E-state index in [1.165, 1.54) is 23.2 Å². The fourth-order valence-electron chi connectivity index (χ4n) is 3.42. The Bertz CT molecular complexity index is 955. The van der Waals surface area contributed by atoms with Gasteiger partial charge in [-0.2, -0.15) is 5.10 Å². The topological polar surface area (TPSA) is 86.4 Å². The molecular formula is C18H23FN4O3S. The average Bonchev–Trinajstić information content (AvgIpc) is 3.09. The molecule has 1 aromatic heterocycles. The summed E-state index contributed by atoms with van der Waals surface area (Å²) in [6.45, 7) is 1.18. The van der Waals surface area contributed by atoms with E-state index in [1.54, 1.807) is 14.1 Å². The highest BCUT2D eigenvalue weighted by atomic mass is 32.2.